The van der Waals surface area contributed by atoms with Crippen molar-refractivity contribution >= 4 is 11.9 Å². The molecule has 0 saturated heterocycles. The van der Waals surface area contributed by atoms with Gasteiger partial charge in [-0.2, -0.15) is 5.26 Å². The largest absolute Gasteiger partial charge is 0.462 e. The highest BCUT2D eigenvalue weighted by molar-refractivity contribution is 5.93. The third-order valence-corrected chi connectivity index (χ3v) is 1.53. The van der Waals surface area contributed by atoms with Gasteiger partial charge in [0.1, 0.15) is 6.07 Å². The third-order valence-electron chi connectivity index (χ3n) is 1.53. The Hall–Kier alpha value is -2.42. The Kier molecular flexibility index (Phi) is 4.47. The van der Waals surface area contributed by atoms with Crippen molar-refractivity contribution in [3.63, 3.8) is 0 Å². The van der Waals surface area contributed by atoms with Gasteiger partial charge in [0, 0.05) is 18.6 Å². The molecule has 1 aromatic rings. The molecule has 6 heteroatoms. The number of rotatable bonds is 4. The smallest absolute Gasteiger partial charge is 0.350 e. The molecule has 0 radical (unpaired) electrons. The van der Waals surface area contributed by atoms with Gasteiger partial charge in [-0.1, -0.05) is 0 Å². The second-order valence-electron chi connectivity index (χ2n) is 2.61. The second-order valence-corrected chi connectivity index (χ2v) is 2.61. The number of hydrogen-bond donors (Lipinski definition) is 1. The number of nitriles is 1. The first-order valence-electron chi connectivity index (χ1n) is 4.59. The van der Waals surface area contributed by atoms with Crippen LogP contribution in [0.1, 0.15) is 6.92 Å². The van der Waals surface area contributed by atoms with Gasteiger partial charge in [0.25, 0.3) is 0 Å². The van der Waals surface area contributed by atoms with Gasteiger partial charge in [-0.3, -0.25) is 0 Å². The summed E-state index contributed by atoms with van der Waals surface area (Å²) in [5.41, 5.74) is -0.130. The molecule has 0 aliphatic heterocycles. The van der Waals surface area contributed by atoms with Gasteiger partial charge in [0.2, 0.25) is 5.95 Å². The molecule has 82 valence electrons. The lowest BCUT2D eigenvalue weighted by Gasteiger charge is -2.00. The third kappa shape index (κ3) is 3.38. The average Bonchev–Trinajstić information content (AvgIpc) is 2.31. The minimum Gasteiger partial charge on any atom is -0.462 e. The molecular weight excluding hydrogens is 208 g/mol. The number of nitrogens with zero attached hydrogens (tertiary/aromatic N) is 3. The summed E-state index contributed by atoms with van der Waals surface area (Å²) in [6, 6.07) is 3.38. The molecule has 0 aliphatic carbocycles. The van der Waals surface area contributed by atoms with E-state index in [9.17, 15) is 4.79 Å². The average molecular weight is 218 g/mol. The Morgan fingerprint density at radius 2 is 2.31 bits per heavy atom. The molecule has 16 heavy (non-hydrogen) atoms. The molecule has 1 rings (SSSR count). The number of aromatic nitrogens is 2. The number of ether oxygens (including phenoxy) is 1. The minimum atomic E-state index is -0.673. The quantitative estimate of drug-likeness (QED) is 0.458. The van der Waals surface area contributed by atoms with Crippen LogP contribution in [-0.2, 0) is 9.53 Å². The topological polar surface area (TPSA) is 87.9 Å². The van der Waals surface area contributed by atoms with Crippen molar-refractivity contribution in [2.75, 3.05) is 11.9 Å². The van der Waals surface area contributed by atoms with Gasteiger partial charge in [-0.05, 0) is 13.0 Å². The molecule has 6 nitrogen and oxygen atoms in total. The molecule has 0 spiro atoms. The molecule has 0 unspecified atom stereocenters. The van der Waals surface area contributed by atoms with Crippen LogP contribution in [0.2, 0.25) is 0 Å². The number of esters is 1. The Bertz CT molecular complexity index is 422. The number of anilines is 1. The summed E-state index contributed by atoms with van der Waals surface area (Å²) in [7, 11) is 0. The SMILES string of the molecule is CCOC(=O)C(C#N)=CNc1ncccn1. The number of carbonyl (C=O) groups excluding carboxylic acids is 1. The molecular formula is C10H10N4O2. The maximum atomic E-state index is 11.2. The van der Waals surface area contributed by atoms with Crippen LogP contribution < -0.4 is 5.32 Å². The number of carbonyl (C=O) groups is 1. The van der Waals surface area contributed by atoms with Crippen molar-refractivity contribution in [3.8, 4) is 6.07 Å². The maximum Gasteiger partial charge on any atom is 0.350 e. The van der Waals surface area contributed by atoms with Gasteiger partial charge in [0.15, 0.2) is 5.57 Å². The van der Waals surface area contributed by atoms with Crippen molar-refractivity contribution in [1.29, 1.82) is 5.26 Å². The van der Waals surface area contributed by atoms with Crippen LogP contribution in [0.25, 0.3) is 0 Å². The summed E-state index contributed by atoms with van der Waals surface area (Å²) in [5, 5.41) is 11.3. The predicted molar refractivity (Wildman–Crippen MR) is 56.0 cm³/mol. The summed E-state index contributed by atoms with van der Waals surface area (Å²) >= 11 is 0. The Morgan fingerprint density at radius 1 is 1.62 bits per heavy atom. The molecule has 1 heterocycles. The van der Waals surface area contributed by atoms with Crippen molar-refractivity contribution in [2.45, 2.75) is 6.92 Å². The summed E-state index contributed by atoms with van der Waals surface area (Å²) < 4.78 is 4.67. The molecule has 0 aromatic carbocycles. The Labute approximate surface area is 92.6 Å². The summed E-state index contributed by atoms with van der Waals surface area (Å²) in [6.07, 6.45) is 4.30. The lowest BCUT2D eigenvalue weighted by molar-refractivity contribution is -0.138. The highest BCUT2D eigenvalue weighted by atomic mass is 16.5. The maximum absolute atomic E-state index is 11.2. The minimum absolute atomic E-state index is 0.130. The van der Waals surface area contributed by atoms with E-state index in [-0.39, 0.29) is 12.2 Å². The molecule has 0 aliphatic rings. The van der Waals surface area contributed by atoms with E-state index in [2.05, 4.69) is 20.0 Å². The molecule has 0 bridgehead atoms. The zero-order valence-corrected chi connectivity index (χ0v) is 8.67. The molecule has 0 fully saturated rings. The zero-order valence-electron chi connectivity index (χ0n) is 8.67. The van der Waals surface area contributed by atoms with Crippen molar-refractivity contribution in [1.82, 2.24) is 9.97 Å². The normalized spacial score (nSPS) is 10.4. The lowest BCUT2D eigenvalue weighted by atomic mass is 10.3. The van der Waals surface area contributed by atoms with E-state index in [0.29, 0.717) is 5.95 Å². The second kappa shape index (κ2) is 6.14. The van der Waals surface area contributed by atoms with Crippen LogP contribution in [-0.4, -0.2) is 22.5 Å². The van der Waals surface area contributed by atoms with Crippen LogP contribution in [0.3, 0.4) is 0 Å². The Balaban J connectivity index is 2.68. The van der Waals surface area contributed by atoms with E-state index in [1.54, 1.807) is 31.5 Å². The van der Waals surface area contributed by atoms with Gasteiger partial charge in [-0.15, -0.1) is 0 Å². The highest BCUT2D eigenvalue weighted by Crippen LogP contribution is 1.99. The van der Waals surface area contributed by atoms with E-state index in [1.807, 2.05) is 0 Å². The van der Waals surface area contributed by atoms with E-state index < -0.39 is 5.97 Å². The summed E-state index contributed by atoms with van der Waals surface area (Å²) in [5.74, 6) is -0.368. The molecule has 0 saturated carbocycles. The summed E-state index contributed by atoms with van der Waals surface area (Å²) in [6.45, 7) is 1.89. The van der Waals surface area contributed by atoms with Crippen molar-refractivity contribution in [3.05, 3.63) is 30.2 Å². The van der Waals surface area contributed by atoms with Crippen LogP contribution >= 0.6 is 0 Å². The predicted octanol–water partition coefficient (Wildman–Crippen LogP) is 0.859. The first-order valence-corrected chi connectivity index (χ1v) is 4.59. The number of hydrogen-bond acceptors (Lipinski definition) is 6. The van der Waals surface area contributed by atoms with Gasteiger partial charge in [-0.25, -0.2) is 14.8 Å². The van der Waals surface area contributed by atoms with Gasteiger partial charge in [0.05, 0.1) is 6.61 Å². The van der Waals surface area contributed by atoms with E-state index in [4.69, 9.17) is 5.26 Å². The lowest BCUT2D eigenvalue weighted by Crippen LogP contribution is -2.08. The van der Waals surface area contributed by atoms with Crippen LogP contribution in [0, 0.1) is 11.3 Å². The van der Waals surface area contributed by atoms with Crippen LogP contribution in [0.15, 0.2) is 30.2 Å². The monoisotopic (exact) mass is 218 g/mol. The summed E-state index contributed by atoms with van der Waals surface area (Å²) in [4.78, 5) is 18.9. The molecule has 1 N–H and O–H groups in total. The van der Waals surface area contributed by atoms with E-state index >= 15 is 0 Å². The first-order chi connectivity index (χ1) is 7.77. The fourth-order valence-corrected chi connectivity index (χ4v) is 0.856. The number of nitrogens with one attached hydrogen (secondary N) is 1. The van der Waals surface area contributed by atoms with E-state index in [1.165, 1.54) is 6.20 Å². The van der Waals surface area contributed by atoms with Crippen molar-refractivity contribution in [2.24, 2.45) is 0 Å². The van der Waals surface area contributed by atoms with Gasteiger partial charge >= 0.3 is 5.97 Å². The van der Waals surface area contributed by atoms with Crippen LogP contribution in [0.5, 0.6) is 0 Å². The molecule has 1 aromatic heterocycles. The first kappa shape index (κ1) is 11.7. The molecule has 0 amide bonds. The van der Waals surface area contributed by atoms with Gasteiger partial charge < -0.3 is 10.1 Å². The molecule has 0 atom stereocenters. The Morgan fingerprint density at radius 3 is 2.88 bits per heavy atom. The fraction of sp³-hybridized carbons (Fsp3) is 0.200. The van der Waals surface area contributed by atoms with E-state index in [0.717, 1.165) is 0 Å². The fourth-order valence-electron chi connectivity index (χ4n) is 0.856. The standard InChI is InChI=1S/C10H10N4O2/c1-2-16-9(15)8(6-11)7-14-10-12-4-3-5-13-10/h3-5,7H,2H2,1H3,(H,12,13,14). The van der Waals surface area contributed by atoms with Crippen molar-refractivity contribution < 1.29 is 9.53 Å². The van der Waals surface area contributed by atoms with Crippen LogP contribution in [0.4, 0.5) is 5.95 Å². The zero-order chi connectivity index (χ0) is 11.8. The highest BCUT2D eigenvalue weighted by Gasteiger charge is 2.09.